The quantitative estimate of drug-likeness (QED) is 0.0834. The lowest BCUT2D eigenvalue weighted by Crippen LogP contribution is -2.29. The molecule has 0 saturated heterocycles. The van der Waals surface area contributed by atoms with Crippen LogP contribution in [0.15, 0.2) is 514 Å². The Morgan fingerprint density at radius 2 is 0.336 bits per heavy atom. The van der Waals surface area contributed by atoms with E-state index in [0.717, 1.165) is 222 Å². The highest BCUT2D eigenvalue weighted by atomic mass is 16.3. The van der Waals surface area contributed by atoms with E-state index in [0.29, 0.717) is 0 Å². The zero-order valence-electron chi connectivity index (χ0n) is 70.4. The summed E-state index contributed by atoms with van der Waals surface area (Å²) < 4.78 is 7.03. The summed E-state index contributed by atoms with van der Waals surface area (Å²) in [6.45, 7) is 0. The second-order valence-electron chi connectivity index (χ2n) is 33.8. The van der Waals surface area contributed by atoms with Crippen LogP contribution in [0.4, 0.5) is 0 Å². The number of fused-ring (bicyclic) bond motifs is 7. The van der Waals surface area contributed by atoms with Gasteiger partial charge in [-0.25, -0.2) is 0 Å². The smallest absolute Gasteiger partial charge is 0.136 e. The van der Waals surface area contributed by atoms with Crippen molar-refractivity contribution < 1.29 is 4.42 Å². The highest BCUT2D eigenvalue weighted by Gasteiger charge is 2.48. The van der Waals surface area contributed by atoms with Gasteiger partial charge in [-0.15, -0.1) is 0 Å². The Labute approximate surface area is 747 Å². The standard InChI is InChI=1S/C127H84O/c1-9-33-85(34-10-1)101-67-102(86-35-11-2-12-36-86)72-109(71-101)93-49-29-53-97(63-93)113-79-114(98-54-30-50-94(64-98)110-73-103(87-37-13-3-14-38-87)68-104(74-110)88-39-15-4-16-40-88)82-117(81-113)127(121-59-27-25-57-119(121)125-122(127)61-62-124-126(125)120-58-26-28-60-123(120)128-124)118-83-115(99-55-31-51-95(65-99)111-75-105(89-41-17-5-18-42-89)69-106(76-111)90-43-19-6-20-44-90)80-116(84-118)100-56-32-52-96(66-100)112-77-107(91-45-21-7-22-46-91)70-108(78-112)92-47-23-8-24-48-92/h1-84H. The lowest BCUT2D eigenvalue weighted by Gasteiger charge is -2.35. The summed E-state index contributed by atoms with van der Waals surface area (Å²) in [5, 5.41) is 2.18. The number of benzene rings is 21. The second-order valence-corrected chi connectivity index (χ2v) is 33.8. The maximum Gasteiger partial charge on any atom is 0.136 e. The predicted molar refractivity (Wildman–Crippen MR) is 538 cm³/mol. The fourth-order valence-electron chi connectivity index (χ4n) is 19.8. The van der Waals surface area contributed by atoms with Crippen molar-refractivity contribution in [2.24, 2.45) is 0 Å². The van der Waals surface area contributed by atoms with E-state index < -0.39 is 5.41 Å². The van der Waals surface area contributed by atoms with E-state index in [1.807, 2.05) is 0 Å². The van der Waals surface area contributed by atoms with E-state index in [-0.39, 0.29) is 0 Å². The Hall–Kier alpha value is -16.6. The Morgan fingerprint density at radius 1 is 0.133 bits per heavy atom. The molecule has 0 fully saturated rings. The summed E-state index contributed by atoms with van der Waals surface area (Å²) in [5.41, 5.74) is 43.9. The van der Waals surface area contributed by atoms with Gasteiger partial charge in [-0.05, 0) is 357 Å². The SMILES string of the molecule is c1ccc(-c2cc(-c3ccccc3)cc(-c3cccc(-c4cc(-c5cccc(-c6cc(-c7ccccc7)cc(-c7ccccc7)c6)c5)cc(C5(c6cc(-c7cccc(-c8cc(-c9ccccc9)cc(-c9ccccc9)c8)c7)cc(-c7cccc(-c8cc(-c9ccccc9)cc(-c9ccccc9)c8)c7)c6)c6ccccc6-c6c5ccc5oc7ccccc7c65)c4)c3)c2)cc1. The third kappa shape index (κ3) is 14.4. The number of para-hydroxylation sites is 1. The van der Waals surface area contributed by atoms with Crippen molar-refractivity contribution in [1.82, 2.24) is 0 Å². The molecule has 0 aliphatic heterocycles. The molecule has 0 saturated carbocycles. The normalized spacial score (nSPS) is 12.0. The van der Waals surface area contributed by atoms with E-state index in [2.05, 4.69) is 510 Å². The molecule has 1 heteroatoms. The van der Waals surface area contributed by atoms with Gasteiger partial charge in [0.15, 0.2) is 0 Å². The molecule has 1 heterocycles. The Bertz CT molecular complexity index is 6930. The van der Waals surface area contributed by atoms with Gasteiger partial charge in [0.25, 0.3) is 0 Å². The summed E-state index contributed by atoms with van der Waals surface area (Å²) in [5.74, 6) is 0. The third-order valence-corrected chi connectivity index (χ3v) is 26.0. The maximum atomic E-state index is 7.03. The molecule has 0 N–H and O–H groups in total. The first kappa shape index (κ1) is 76.3. The van der Waals surface area contributed by atoms with E-state index in [4.69, 9.17) is 4.42 Å². The Kier molecular flexibility index (Phi) is 19.6. The number of furan rings is 1. The summed E-state index contributed by atoms with van der Waals surface area (Å²) >= 11 is 0. The molecule has 128 heavy (non-hydrogen) atoms. The molecule has 0 radical (unpaired) electrons. The van der Waals surface area contributed by atoms with Crippen molar-refractivity contribution in [3.63, 3.8) is 0 Å². The lowest BCUT2D eigenvalue weighted by molar-refractivity contribution is 0.668. The van der Waals surface area contributed by atoms with Gasteiger partial charge in [-0.2, -0.15) is 0 Å². The van der Waals surface area contributed by atoms with Crippen molar-refractivity contribution in [3.8, 4) is 189 Å². The molecule has 0 unspecified atom stereocenters. The Morgan fingerprint density at radius 3 is 0.602 bits per heavy atom. The Balaban J connectivity index is 0.802. The highest BCUT2D eigenvalue weighted by Crippen LogP contribution is 2.61. The third-order valence-electron chi connectivity index (χ3n) is 26.0. The molecule has 21 aromatic carbocycles. The van der Waals surface area contributed by atoms with Crippen molar-refractivity contribution in [2.45, 2.75) is 5.41 Å². The van der Waals surface area contributed by atoms with Crippen molar-refractivity contribution in [3.05, 3.63) is 532 Å². The first-order valence-corrected chi connectivity index (χ1v) is 44.2. The van der Waals surface area contributed by atoms with Gasteiger partial charge >= 0.3 is 0 Å². The van der Waals surface area contributed by atoms with Crippen LogP contribution in [0.1, 0.15) is 22.3 Å². The van der Waals surface area contributed by atoms with Gasteiger partial charge in [0.05, 0.1) is 5.41 Å². The van der Waals surface area contributed by atoms with Crippen LogP contribution >= 0.6 is 0 Å². The first-order chi connectivity index (χ1) is 63.3. The molecule has 598 valence electrons. The van der Waals surface area contributed by atoms with E-state index in [9.17, 15) is 0 Å². The summed E-state index contributed by atoms with van der Waals surface area (Å²) in [6.07, 6.45) is 0. The average molecular weight is 1630 g/mol. The van der Waals surface area contributed by atoms with Crippen LogP contribution in [0.2, 0.25) is 0 Å². The van der Waals surface area contributed by atoms with Crippen LogP contribution in [-0.4, -0.2) is 0 Å². The topological polar surface area (TPSA) is 13.1 Å². The summed E-state index contributed by atoms with van der Waals surface area (Å²) in [4.78, 5) is 0. The molecular formula is C127H84O. The molecule has 1 nitrogen and oxygen atoms in total. The molecule has 0 amide bonds. The zero-order chi connectivity index (χ0) is 84.9. The second kappa shape index (κ2) is 32.9. The predicted octanol–water partition coefficient (Wildman–Crippen LogP) is 34.6. The van der Waals surface area contributed by atoms with E-state index in [1.54, 1.807) is 0 Å². The molecule has 1 aromatic heterocycles. The molecule has 0 atom stereocenters. The molecule has 1 aliphatic carbocycles. The minimum Gasteiger partial charge on any atom is -0.456 e. The molecule has 23 rings (SSSR count). The monoisotopic (exact) mass is 1620 g/mol. The molecule has 1 aliphatic rings. The van der Waals surface area contributed by atoms with Crippen LogP contribution in [0, 0.1) is 0 Å². The van der Waals surface area contributed by atoms with Crippen LogP contribution in [-0.2, 0) is 5.41 Å². The average Bonchev–Trinajstić information content (AvgIpc) is 1.48. The van der Waals surface area contributed by atoms with Gasteiger partial charge in [0, 0.05) is 10.8 Å². The van der Waals surface area contributed by atoms with Crippen LogP contribution < -0.4 is 0 Å². The van der Waals surface area contributed by atoms with Gasteiger partial charge in [0.1, 0.15) is 11.2 Å². The molecular weight excluding hydrogens is 1540 g/mol. The minimum absolute atomic E-state index is 0.846. The van der Waals surface area contributed by atoms with Gasteiger partial charge in [-0.3, -0.25) is 0 Å². The zero-order valence-corrected chi connectivity index (χ0v) is 70.4. The van der Waals surface area contributed by atoms with E-state index >= 15 is 0 Å². The van der Waals surface area contributed by atoms with Crippen molar-refractivity contribution in [1.29, 1.82) is 0 Å². The van der Waals surface area contributed by atoms with E-state index in [1.165, 1.54) is 11.1 Å². The first-order valence-electron chi connectivity index (χ1n) is 44.2. The number of rotatable bonds is 18. The fourth-order valence-corrected chi connectivity index (χ4v) is 19.8. The van der Waals surface area contributed by atoms with Crippen LogP contribution in [0.5, 0.6) is 0 Å². The molecule has 0 spiro atoms. The molecule has 0 bridgehead atoms. The van der Waals surface area contributed by atoms with Crippen molar-refractivity contribution in [2.75, 3.05) is 0 Å². The van der Waals surface area contributed by atoms with Gasteiger partial charge < -0.3 is 4.42 Å². The lowest BCUT2D eigenvalue weighted by atomic mass is 9.66. The summed E-state index contributed by atoms with van der Waals surface area (Å²) in [7, 11) is 0. The van der Waals surface area contributed by atoms with Crippen LogP contribution in [0.3, 0.4) is 0 Å². The van der Waals surface area contributed by atoms with Crippen molar-refractivity contribution >= 4 is 21.9 Å². The number of hydrogen-bond donors (Lipinski definition) is 0. The molecule has 22 aromatic rings. The minimum atomic E-state index is -1.04. The maximum absolute atomic E-state index is 7.03. The largest absolute Gasteiger partial charge is 0.456 e. The van der Waals surface area contributed by atoms with Gasteiger partial charge in [-0.1, -0.05) is 364 Å². The number of hydrogen-bond acceptors (Lipinski definition) is 1. The highest BCUT2D eigenvalue weighted by molar-refractivity contribution is 6.16. The fraction of sp³-hybridized carbons (Fsp3) is 0.00787. The van der Waals surface area contributed by atoms with Crippen LogP contribution in [0.25, 0.3) is 211 Å². The van der Waals surface area contributed by atoms with Gasteiger partial charge in [0.2, 0.25) is 0 Å². The summed E-state index contributed by atoms with van der Waals surface area (Å²) in [6, 6.07) is 190.